The van der Waals surface area contributed by atoms with Crippen LogP contribution in [0, 0.1) is 12.7 Å². The van der Waals surface area contributed by atoms with Crippen molar-refractivity contribution in [2.24, 2.45) is 0 Å². The first-order chi connectivity index (χ1) is 12.6. The van der Waals surface area contributed by atoms with E-state index in [1.54, 1.807) is 24.3 Å². The normalized spacial score (nSPS) is 11.0. The molecule has 0 aliphatic heterocycles. The summed E-state index contributed by atoms with van der Waals surface area (Å²) in [7, 11) is 0. The van der Waals surface area contributed by atoms with Gasteiger partial charge >= 0.3 is 0 Å². The van der Waals surface area contributed by atoms with Crippen LogP contribution in [0.15, 0.2) is 54.6 Å². The van der Waals surface area contributed by atoms with Crippen LogP contribution in [-0.2, 0) is 6.54 Å². The number of para-hydroxylation sites is 1. The molecule has 0 unspecified atom stereocenters. The molecule has 0 aliphatic carbocycles. The Bertz CT molecular complexity index is 1100. The Labute approximate surface area is 153 Å². The van der Waals surface area contributed by atoms with Gasteiger partial charge in [0, 0.05) is 16.5 Å². The van der Waals surface area contributed by atoms with Gasteiger partial charge in [0.2, 0.25) is 5.13 Å². The molecule has 130 valence electrons. The van der Waals surface area contributed by atoms with Gasteiger partial charge in [-0.2, -0.15) is 0 Å². The highest BCUT2D eigenvalue weighted by molar-refractivity contribution is 7.15. The fourth-order valence-electron chi connectivity index (χ4n) is 2.87. The quantitative estimate of drug-likeness (QED) is 0.588. The highest BCUT2D eigenvalue weighted by atomic mass is 32.1. The first-order valence-corrected chi connectivity index (χ1v) is 8.86. The average molecular weight is 366 g/mol. The Morgan fingerprint density at radius 3 is 2.69 bits per heavy atom. The van der Waals surface area contributed by atoms with E-state index >= 15 is 0 Å². The van der Waals surface area contributed by atoms with Crippen molar-refractivity contribution < 1.29 is 9.18 Å². The molecule has 0 bridgehead atoms. The lowest BCUT2D eigenvalue weighted by atomic mass is 10.2. The Morgan fingerprint density at radius 1 is 1.15 bits per heavy atom. The molecule has 4 aromatic rings. The zero-order valence-corrected chi connectivity index (χ0v) is 14.8. The van der Waals surface area contributed by atoms with Gasteiger partial charge < -0.3 is 4.57 Å². The lowest BCUT2D eigenvalue weighted by Gasteiger charge is -2.11. The third kappa shape index (κ3) is 3.09. The number of hydrogen-bond acceptors (Lipinski definition) is 4. The summed E-state index contributed by atoms with van der Waals surface area (Å²) in [5.41, 5.74) is 1.84. The molecule has 0 radical (unpaired) electrons. The van der Waals surface area contributed by atoms with Crippen molar-refractivity contribution in [1.82, 2.24) is 14.8 Å². The van der Waals surface area contributed by atoms with Crippen LogP contribution in [0.4, 0.5) is 9.52 Å². The molecule has 5 nitrogen and oxygen atoms in total. The number of halogens is 1. The second-order valence-electron chi connectivity index (χ2n) is 5.85. The van der Waals surface area contributed by atoms with Crippen LogP contribution in [0.1, 0.15) is 21.1 Å². The molecular formula is C19H15FN4OS. The van der Waals surface area contributed by atoms with Gasteiger partial charge in [-0.25, -0.2) is 4.39 Å². The molecule has 0 saturated carbocycles. The molecule has 2 aromatic heterocycles. The molecular weight excluding hydrogens is 351 g/mol. The number of amides is 1. The molecule has 0 fully saturated rings. The minimum Gasteiger partial charge on any atom is -0.332 e. The van der Waals surface area contributed by atoms with Gasteiger partial charge in [-0.05, 0) is 25.1 Å². The number of nitrogens with zero attached hydrogens (tertiary/aromatic N) is 3. The zero-order chi connectivity index (χ0) is 18.1. The summed E-state index contributed by atoms with van der Waals surface area (Å²) < 4.78 is 15.9. The van der Waals surface area contributed by atoms with Crippen molar-refractivity contribution in [3.05, 3.63) is 76.7 Å². The number of nitrogens with one attached hydrogen (secondary N) is 1. The minimum atomic E-state index is -0.298. The monoisotopic (exact) mass is 366 g/mol. The first kappa shape index (κ1) is 16.4. The van der Waals surface area contributed by atoms with E-state index in [9.17, 15) is 9.18 Å². The molecule has 26 heavy (non-hydrogen) atoms. The van der Waals surface area contributed by atoms with E-state index in [0.717, 1.165) is 15.9 Å². The Morgan fingerprint density at radius 2 is 1.92 bits per heavy atom. The van der Waals surface area contributed by atoms with E-state index in [1.165, 1.54) is 17.4 Å². The highest BCUT2D eigenvalue weighted by Crippen LogP contribution is 2.23. The number of carbonyl (C=O) groups is 1. The lowest BCUT2D eigenvalue weighted by Crippen LogP contribution is -2.17. The van der Waals surface area contributed by atoms with Crippen LogP contribution in [0.5, 0.6) is 0 Å². The summed E-state index contributed by atoms with van der Waals surface area (Å²) in [6, 6.07) is 16.0. The van der Waals surface area contributed by atoms with Crippen molar-refractivity contribution in [1.29, 1.82) is 0 Å². The molecule has 4 rings (SSSR count). The predicted octanol–water partition coefficient (Wildman–Crippen LogP) is 4.24. The molecule has 0 atom stereocenters. The fourth-order valence-corrected chi connectivity index (χ4v) is 3.46. The van der Waals surface area contributed by atoms with Crippen LogP contribution < -0.4 is 5.32 Å². The van der Waals surface area contributed by atoms with E-state index in [4.69, 9.17) is 0 Å². The smallest absolute Gasteiger partial charge is 0.274 e. The molecule has 1 N–H and O–H groups in total. The van der Waals surface area contributed by atoms with Crippen LogP contribution in [0.3, 0.4) is 0 Å². The van der Waals surface area contributed by atoms with Gasteiger partial charge in [0.25, 0.3) is 5.91 Å². The number of hydrogen-bond donors (Lipinski definition) is 1. The van der Waals surface area contributed by atoms with E-state index in [1.807, 2.05) is 35.8 Å². The van der Waals surface area contributed by atoms with Crippen LogP contribution in [0.25, 0.3) is 10.9 Å². The molecule has 1 amide bonds. The maximum atomic E-state index is 14.1. The molecule has 2 heterocycles. The molecule has 0 aliphatic rings. The third-order valence-corrected chi connectivity index (χ3v) is 4.83. The van der Waals surface area contributed by atoms with Gasteiger partial charge in [-0.3, -0.25) is 10.1 Å². The van der Waals surface area contributed by atoms with Gasteiger partial charge in [0.05, 0.1) is 6.54 Å². The number of rotatable bonds is 4. The molecule has 2 aromatic carbocycles. The van der Waals surface area contributed by atoms with Gasteiger partial charge in [0.1, 0.15) is 16.5 Å². The predicted molar refractivity (Wildman–Crippen MR) is 100 cm³/mol. The molecule has 0 saturated heterocycles. The van der Waals surface area contributed by atoms with Gasteiger partial charge in [-0.1, -0.05) is 47.7 Å². The topological polar surface area (TPSA) is 59.8 Å². The van der Waals surface area contributed by atoms with E-state index < -0.39 is 0 Å². The van der Waals surface area contributed by atoms with Gasteiger partial charge in [-0.15, -0.1) is 10.2 Å². The second kappa shape index (κ2) is 6.68. The van der Waals surface area contributed by atoms with Crippen molar-refractivity contribution in [2.75, 3.05) is 5.32 Å². The summed E-state index contributed by atoms with van der Waals surface area (Å²) in [4.78, 5) is 12.8. The van der Waals surface area contributed by atoms with Crippen molar-refractivity contribution in [2.45, 2.75) is 13.5 Å². The molecule has 0 spiro atoms. The minimum absolute atomic E-state index is 0.262. The summed E-state index contributed by atoms with van der Waals surface area (Å²) in [5.74, 6) is -0.593. The Balaban J connectivity index is 1.76. The number of aryl methyl sites for hydroxylation is 1. The third-order valence-electron chi connectivity index (χ3n) is 4.08. The highest BCUT2D eigenvalue weighted by Gasteiger charge is 2.18. The maximum Gasteiger partial charge on any atom is 0.274 e. The van der Waals surface area contributed by atoms with E-state index in [-0.39, 0.29) is 18.3 Å². The zero-order valence-electron chi connectivity index (χ0n) is 13.9. The van der Waals surface area contributed by atoms with Crippen molar-refractivity contribution >= 4 is 33.3 Å². The summed E-state index contributed by atoms with van der Waals surface area (Å²) in [5, 5.41) is 12.7. The number of carbonyl (C=O) groups excluding carboxylic acids is 1. The standard InChI is InChI=1S/C19H15FN4OS/c1-12-22-23-19(26-12)21-18(25)17-10-13-6-3-5-9-16(13)24(17)11-14-7-2-4-8-15(14)20/h2-10H,11H2,1H3,(H,21,23,25). The number of benzene rings is 2. The Kier molecular flexibility index (Phi) is 4.22. The van der Waals surface area contributed by atoms with Crippen LogP contribution in [0.2, 0.25) is 0 Å². The largest absolute Gasteiger partial charge is 0.332 e. The molecule has 7 heteroatoms. The number of aromatic nitrogens is 3. The fraction of sp³-hybridized carbons (Fsp3) is 0.105. The van der Waals surface area contributed by atoms with Crippen molar-refractivity contribution in [3.63, 3.8) is 0 Å². The average Bonchev–Trinajstić information content (AvgIpc) is 3.21. The summed E-state index contributed by atoms with van der Waals surface area (Å²) in [6.45, 7) is 2.08. The maximum absolute atomic E-state index is 14.1. The first-order valence-electron chi connectivity index (χ1n) is 8.05. The van der Waals surface area contributed by atoms with Crippen LogP contribution >= 0.6 is 11.3 Å². The van der Waals surface area contributed by atoms with Crippen molar-refractivity contribution in [3.8, 4) is 0 Å². The number of anilines is 1. The van der Waals surface area contributed by atoms with E-state index in [0.29, 0.717) is 16.4 Å². The van der Waals surface area contributed by atoms with Gasteiger partial charge in [0.15, 0.2) is 0 Å². The number of fused-ring (bicyclic) bond motifs is 1. The van der Waals surface area contributed by atoms with E-state index in [2.05, 4.69) is 15.5 Å². The lowest BCUT2D eigenvalue weighted by molar-refractivity contribution is 0.101. The summed E-state index contributed by atoms with van der Waals surface area (Å²) >= 11 is 1.31. The SMILES string of the molecule is Cc1nnc(NC(=O)c2cc3ccccc3n2Cc2ccccc2F)s1. The second-order valence-corrected chi connectivity index (χ2v) is 7.03. The van der Waals surface area contributed by atoms with Crippen LogP contribution in [-0.4, -0.2) is 20.7 Å². The summed E-state index contributed by atoms with van der Waals surface area (Å²) in [6.07, 6.45) is 0. The Hall–Kier alpha value is -3.06.